The number of piperazine rings is 1. The monoisotopic (exact) mass is 431 g/mol. The normalized spacial score (nSPS) is 18.0. The fourth-order valence-corrected chi connectivity index (χ4v) is 5.13. The van der Waals surface area contributed by atoms with Gasteiger partial charge in [-0.15, -0.1) is 0 Å². The highest BCUT2D eigenvalue weighted by molar-refractivity contribution is 7.89. The van der Waals surface area contributed by atoms with Gasteiger partial charge in [-0.05, 0) is 31.9 Å². The lowest BCUT2D eigenvalue weighted by atomic mass is 10.3. The summed E-state index contributed by atoms with van der Waals surface area (Å²) in [6.45, 7) is 6.24. The Balaban J connectivity index is 1.33. The molecule has 2 aliphatic rings. The first-order chi connectivity index (χ1) is 14.5. The van der Waals surface area contributed by atoms with E-state index in [1.165, 1.54) is 12.8 Å². The van der Waals surface area contributed by atoms with Crippen molar-refractivity contribution >= 4 is 21.8 Å². The molecule has 4 rings (SSSR count). The number of hydrogen-bond donors (Lipinski definition) is 0. The average molecular weight is 432 g/mol. The van der Waals surface area contributed by atoms with Crippen LogP contribution in [0.15, 0.2) is 36.4 Å². The summed E-state index contributed by atoms with van der Waals surface area (Å²) in [5.41, 5.74) is 0.940. The van der Waals surface area contributed by atoms with E-state index in [4.69, 9.17) is 9.72 Å². The highest BCUT2D eigenvalue weighted by Crippen LogP contribution is 2.22. The largest absolute Gasteiger partial charge is 0.492 e. The molecule has 2 aliphatic heterocycles. The predicted octanol–water partition coefficient (Wildman–Crippen LogP) is 1.92. The summed E-state index contributed by atoms with van der Waals surface area (Å²) in [4.78, 5) is 13.7. The van der Waals surface area contributed by atoms with Crippen molar-refractivity contribution in [3.8, 4) is 5.75 Å². The smallest absolute Gasteiger partial charge is 0.227 e. The molecule has 0 N–H and O–H groups in total. The van der Waals surface area contributed by atoms with Gasteiger partial charge in [0.2, 0.25) is 16.0 Å². The second-order valence-electron chi connectivity index (χ2n) is 7.73. The molecule has 0 radical (unpaired) electrons. The van der Waals surface area contributed by atoms with Gasteiger partial charge in [-0.1, -0.05) is 18.2 Å². The summed E-state index contributed by atoms with van der Waals surface area (Å²) in [5.74, 6) is 2.33. The number of para-hydroxylation sites is 1. The van der Waals surface area contributed by atoms with E-state index in [0.29, 0.717) is 37.9 Å². The maximum Gasteiger partial charge on any atom is 0.227 e. The number of benzene rings is 1. The van der Waals surface area contributed by atoms with Crippen molar-refractivity contribution in [1.29, 1.82) is 0 Å². The number of aryl methyl sites for hydroxylation is 1. The van der Waals surface area contributed by atoms with Crippen LogP contribution in [0.3, 0.4) is 0 Å². The number of nitrogens with zero attached hydrogens (tertiary/aromatic N) is 5. The van der Waals surface area contributed by atoms with Gasteiger partial charge in [0.15, 0.2) is 0 Å². The van der Waals surface area contributed by atoms with Gasteiger partial charge in [-0.3, -0.25) is 0 Å². The first-order valence-corrected chi connectivity index (χ1v) is 12.1. The van der Waals surface area contributed by atoms with Crippen molar-refractivity contribution in [2.24, 2.45) is 0 Å². The Morgan fingerprint density at radius 3 is 2.33 bits per heavy atom. The van der Waals surface area contributed by atoms with Crippen molar-refractivity contribution < 1.29 is 13.2 Å². The Morgan fingerprint density at radius 2 is 1.63 bits per heavy atom. The molecule has 0 bridgehead atoms. The van der Waals surface area contributed by atoms with Crippen LogP contribution in [-0.2, 0) is 10.0 Å². The molecular weight excluding hydrogens is 402 g/mol. The van der Waals surface area contributed by atoms with E-state index in [2.05, 4.69) is 14.8 Å². The molecule has 2 aromatic rings. The zero-order valence-corrected chi connectivity index (χ0v) is 18.2. The van der Waals surface area contributed by atoms with Gasteiger partial charge in [0.1, 0.15) is 18.2 Å². The third-order valence-electron chi connectivity index (χ3n) is 5.53. The maximum absolute atomic E-state index is 12.7. The second-order valence-corrected chi connectivity index (χ2v) is 9.81. The van der Waals surface area contributed by atoms with Crippen LogP contribution in [0, 0.1) is 6.92 Å². The summed E-state index contributed by atoms with van der Waals surface area (Å²) < 4.78 is 32.5. The van der Waals surface area contributed by atoms with Gasteiger partial charge in [-0.25, -0.2) is 13.4 Å². The van der Waals surface area contributed by atoms with Crippen LogP contribution in [0.2, 0.25) is 0 Å². The van der Waals surface area contributed by atoms with E-state index in [0.717, 1.165) is 24.6 Å². The van der Waals surface area contributed by atoms with E-state index in [1.807, 2.05) is 43.3 Å². The van der Waals surface area contributed by atoms with Crippen LogP contribution in [0.5, 0.6) is 5.75 Å². The quantitative estimate of drug-likeness (QED) is 0.663. The number of sulfonamides is 1. The van der Waals surface area contributed by atoms with Gasteiger partial charge in [0.05, 0.1) is 5.75 Å². The van der Waals surface area contributed by atoms with Gasteiger partial charge in [0, 0.05) is 51.0 Å². The van der Waals surface area contributed by atoms with Gasteiger partial charge in [0.25, 0.3) is 0 Å². The molecule has 1 aromatic carbocycles. The van der Waals surface area contributed by atoms with Crippen LogP contribution in [-0.4, -0.2) is 74.3 Å². The number of ether oxygens (including phenoxy) is 1. The van der Waals surface area contributed by atoms with Gasteiger partial charge in [-0.2, -0.15) is 9.29 Å². The molecule has 8 nitrogen and oxygen atoms in total. The molecule has 2 fully saturated rings. The number of hydrogen-bond acceptors (Lipinski definition) is 7. The molecule has 0 atom stereocenters. The van der Waals surface area contributed by atoms with E-state index in [9.17, 15) is 8.42 Å². The SMILES string of the molecule is Cc1cc(N2CCCC2)nc(N2CCN(S(=O)(=O)CCOc3ccccc3)CC2)n1. The highest BCUT2D eigenvalue weighted by Gasteiger charge is 2.28. The molecule has 30 heavy (non-hydrogen) atoms. The van der Waals surface area contributed by atoms with Crippen molar-refractivity contribution in [3.05, 3.63) is 42.1 Å². The van der Waals surface area contributed by atoms with E-state index in [-0.39, 0.29) is 12.4 Å². The highest BCUT2D eigenvalue weighted by atomic mass is 32.2. The zero-order chi connectivity index (χ0) is 21.0. The fourth-order valence-electron chi connectivity index (χ4n) is 3.86. The number of aromatic nitrogens is 2. The third-order valence-corrected chi connectivity index (χ3v) is 7.36. The third kappa shape index (κ3) is 5.02. The molecular formula is C21H29N5O3S. The minimum Gasteiger partial charge on any atom is -0.492 e. The Kier molecular flexibility index (Phi) is 6.38. The van der Waals surface area contributed by atoms with Crippen LogP contribution in [0.4, 0.5) is 11.8 Å². The first kappa shape index (κ1) is 20.9. The molecule has 3 heterocycles. The Labute approximate surface area is 178 Å². The lowest BCUT2D eigenvalue weighted by molar-refractivity contribution is 0.330. The molecule has 0 saturated carbocycles. The topological polar surface area (TPSA) is 78.9 Å². The van der Waals surface area contributed by atoms with Crippen LogP contribution in [0.1, 0.15) is 18.5 Å². The lowest BCUT2D eigenvalue weighted by Crippen LogP contribution is -2.50. The molecule has 0 amide bonds. The number of rotatable bonds is 7. The molecule has 9 heteroatoms. The van der Waals surface area contributed by atoms with Crippen LogP contribution >= 0.6 is 0 Å². The Bertz CT molecular complexity index is 940. The molecule has 162 valence electrons. The van der Waals surface area contributed by atoms with E-state index in [1.54, 1.807) is 4.31 Å². The minimum absolute atomic E-state index is 0.0258. The van der Waals surface area contributed by atoms with Crippen molar-refractivity contribution in [2.45, 2.75) is 19.8 Å². The van der Waals surface area contributed by atoms with Gasteiger partial charge < -0.3 is 14.5 Å². The van der Waals surface area contributed by atoms with Crippen molar-refractivity contribution in [1.82, 2.24) is 14.3 Å². The molecule has 0 spiro atoms. The number of anilines is 2. The molecule has 0 aliphatic carbocycles. The first-order valence-electron chi connectivity index (χ1n) is 10.5. The second kappa shape index (κ2) is 9.18. The van der Waals surface area contributed by atoms with Crippen molar-refractivity contribution in [3.63, 3.8) is 0 Å². The average Bonchev–Trinajstić information content (AvgIpc) is 3.29. The molecule has 0 unspecified atom stereocenters. The summed E-state index contributed by atoms with van der Waals surface area (Å²) in [6.07, 6.45) is 2.39. The minimum atomic E-state index is -3.36. The Hall–Kier alpha value is -2.39. The molecule has 1 aromatic heterocycles. The van der Waals surface area contributed by atoms with Crippen molar-refractivity contribution in [2.75, 3.05) is 61.4 Å². The van der Waals surface area contributed by atoms with Crippen LogP contribution in [0.25, 0.3) is 0 Å². The standard InChI is InChI=1S/C21H29N5O3S/c1-18-17-20(24-9-5-6-10-24)23-21(22-18)25-11-13-26(14-12-25)30(27,28)16-15-29-19-7-3-2-4-8-19/h2-4,7-8,17H,5-6,9-16H2,1H3. The predicted molar refractivity (Wildman–Crippen MR) is 118 cm³/mol. The van der Waals surface area contributed by atoms with E-state index >= 15 is 0 Å². The zero-order valence-electron chi connectivity index (χ0n) is 17.4. The summed E-state index contributed by atoms with van der Waals surface area (Å²) in [5, 5.41) is 0. The maximum atomic E-state index is 12.7. The summed E-state index contributed by atoms with van der Waals surface area (Å²) >= 11 is 0. The van der Waals surface area contributed by atoms with Gasteiger partial charge >= 0.3 is 0 Å². The Morgan fingerprint density at radius 1 is 0.933 bits per heavy atom. The lowest BCUT2D eigenvalue weighted by Gasteiger charge is -2.34. The molecule has 2 saturated heterocycles. The fraction of sp³-hybridized carbons (Fsp3) is 0.524. The van der Waals surface area contributed by atoms with Crippen LogP contribution < -0.4 is 14.5 Å². The summed E-state index contributed by atoms with van der Waals surface area (Å²) in [6, 6.07) is 11.3. The summed E-state index contributed by atoms with van der Waals surface area (Å²) in [7, 11) is -3.36. The van der Waals surface area contributed by atoms with E-state index < -0.39 is 10.0 Å².